The maximum absolute atomic E-state index is 10.2. The van der Waals surface area contributed by atoms with Gasteiger partial charge in [-0.25, -0.2) is 0 Å². The van der Waals surface area contributed by atoms with Crippen LogP contribution in [0.5, 0.6) is 0 Å². The molecule has 13 heteroatoms. The molecule has 4 rings (SSSR count). The molecule has 2 aliphatic rings. The van der Waals surface area contributed by atoms with Crippen LogP contribution in [-0.2, 0) is 20.5 Å². The molecule has 1 unspecified atom stereocenters. The van der Waals surface area contributed by atoms with E-state index in [1.54, 1.807) is 35.0 Å². The van der Waals surface area contributed by atoms with Crippen molar-refractivity contribution in [3.8, 4) is 0 Å². The van der Waals surface area contributed by atoms with Crippen LogP contribution in [0.4, 0.5) is 0 Å². The lowest BCUT2D eigenvalue weighted by Gasteiger charge is -2.07. The average molecular weight is 706 g/mol. The van der Waals surface area contributed by atoms with Crippen LogP contribution in [0.3, 0.4) is 0 Å². The molecule has 2 fully saturated rings. The molecule has 1 atom stereocenters. The van der Waals surface area contributed by atoms with Crippen molar-refractivity contribution in [3.63, 3.8) is 0 Å². The highest BCUT2D eigenvalue weighted by Gasteiger charge is 2.22. The number of rotatable bonds is 10. The van der Waals surface area contributed by atoms with Gasteiger partial charge in [-0.1, -0.05) is 0 Å². The Morgan fingerprint density at radius 2 is 1.57 bits per heavy atom. The molecule has 190 valence electrons. The van der Waals surface area contributed by atoms with Gasteiger partial charge in [0.1, 0.15) is 19.2 Å². The Labute approximate surface area is 232 Å². The normalized spacial score (nSPS) is 17.7. The molecule has 2 saturated carbocycles. The number of aliphatic hydroxyl groups excluding tert-OH is 1. The van der Waals surface area contributed by atoms with E-state index in [4.69, 9.17) is 11.7 Å². The van der Waals surface area contributed by atoms with Crippen molar-refractivity contribution >= 4 is 69.0 Å². The van der Waals surface area contributed by atoms with E-state index in [1.165, 1.54) is 25.7 Å². The molecule has 0 spiro atoms. The van der Waals surface area contributed by atoms with E-state index in [0.717, 1.165) is 37.7 Å². The molecule has 5 N–H and O–H groups in total. The van der Waals surface area contributed by atoms with Gasteiger partial charge in [0.15, 0.2) is 0 Å². The van der Waals surface area contributed by atoms with Crippen LogP contribution in [0.25, 0.3) is 0 Å². The molecule has 0 radical (unpaired) electrons. The molecule has 2 aromatic rings. The summed E-state index contributed by atoms with van der Waals surface area (Å²) in [4.78, 5) is 8.63. The van der Waals surface area contributed by atoms with Crippen LogP contribution in [0.2, 0.25) is 0 Å². The van der Waals surface area contributed by atoms with Crippen molar-refractivity contribution in [2.75, 3.05) is 13.1 Å². The molecule has 2 heterocycles. The Morgan fingerprint density at radius 1 is 1.00 bits per heavy atom. The smallest absolute Gasteiger partial charge is 0.129 e. The molecule has 0 aromatic carbocycles. The molecule has 0 saturated heterocycles. The summed E-state index contributed by atoms with van der Waals surface area (Å²) in [7, 11) is 3.71. The van der Waals surface area contributed by atoms with E-state index in [-0.39, 0.29) is 0 Å². The number of aliphatic imine (C=N–C) groups is 2. The first-order valence-electron chi connectivity index (χ1n) is 11.4. The lowest BCUT2D eigenvalue weighted by atomic mass is 10.1. The van der Waals surface area contributed by atoms with Crippen LogP contribution in [0.1, 0.15) is 42.9 Å². The van der Waals surface area contributed by atoms with Gasteiger partial charge in [-0.05, 0) is 82.7 Å². The number of aryl methyl sites for hydroxylation is 2. The highest BCUT2D eigenvalue weighted by molar-refractivity contribution is 14.1. The zero-order chi connectivity index (χ0) is 25.4. The molecular formula is C22H32I2N10O. The first-order valence-corrected chi connectivity index (χ1v) is 13.6. The fraction of sp³-hybridized carbons (Fsp3) is 0.545. The van der Waals surface area contributed by atoms with Gasteiger partial charge < -0.3 is 16.8 Å². The van der Waals surface area contributed by atoms with Gasteiger partial charge in [0.25, 0.3) is 0 Å². The largest absolute Gasteiger partial charge is 0.382 e. The Bertz CT molecular complexity index is 1100. The Hall–Kier alpha value is -1.88. The van der Waals surface area contributed by atoms with E-state index in [1.807, 2.05) is 13.2 Å². The van der Waals surface area contributed by atoms with Gasteiger partial charge in [0.2, 0.25) is 0 Å². The van der Waals surface area contributed by atoms with Crippen LogP contribution in [0, 0.1) is 19.2 Å². The van der Waals surface area contributed by atoms with Gasteiger partial charge in [0, 0.05) is 69.6 Å². The predicted octanol–water partition coefficient (Wildman–Crippen LogP) is 2.22. The van der Waals surface area contributed by atoms with E-state index < -0.39 is 6.10 Å². The highest BCUT2D eigenvalue weighted by Crippen LogP contribution is 2.29. The number of hydrogen-bond donors (Lipinski definition) is 3. The molecule has 2 aromatic heterocycles. The third-order valence-electron chi connectivity index (χ3n) is 5.51. The molecule has 2 aliphatic carbocycles. The summed E-state index contributed by atoms with van der Waals surface area (Å²) in [6.45, 7) is 1.69. The number of halogens is 2. The molecule has 11 nitrogen and oxygen atoms in total. The molecule has 0 aliphatic heterocycles. The lowest BCUT2D eigenvalue weighted by Crippen LogP contribution is -2.16. The standard InChI is InChI=1S/C11H16IN5O.C11H16IN5/c1-17-6-8(11(12)16-17)10(18)9(15-13)5-14-4-7-2-3-7;1-17-7-9(11(12)16-17)4-10(15-13)6-14-5-8-2-3-8/h5-7,10,18H,2-4,13H2,1H3;6-8H,2-5,13H2,1H3. The first kappa shape index (κ1) is 27.7. The molecular weight excluding hydrogens is 674 g/mol. The van der Waals surface area contributed by atoms with Crippen LogP contribution in [-0.4, -0.2) is 61.6 Å². The second kappa shape index (κ2) is 13.4. The van der Waals surface area contributed by atoms with E-state index in [0.29, 0.717) is 23.6 Å². The number of nitrogens with zero attached hydrogens (tertiary/aromatic N) is 8. The lowest BCUT2D eigenvalue weighted by molar-refractivity contribution is 0.248. The van der Waals surface area contributed by atoms with E-state index in [9.17, 15) is 5.11 Å². The van der Waals surface area contributed by atoms with Gasteiger partial charge in [-0.3, -0.25) is 19.3 Å². The number of aliphatic hydroxyl groups is 1. The van der Waals surface area contributed by atoms with Crippen LogP contribution >= 0.6 is 45.2 Å². The highest BCUT2D eigenvalue weighted by atomic mass is 127. The van der Waals surface area contributed by atoms with Crippen LogP contribution in [0.15, 0.2) is 32.6 Å². The quantitative estimate of drug-likeness (QED) is 0.150. The minimum absolute atomic E-state index is 0.363. The summed E-state index contributed by atoms with van der Waals surface area (Å²) in [6.07, 6.45) is 12.0. The van der Waals surface area contributed by atoms with Crippen molar-refractivity contribution in [2.45, 2.75) is 38.2 Å². The van der Waals surface area contributed by atoms with E-state index in [2.05, 4.69) is 75.6 Å². The minimum atomic E-state index is -0.876. The average Bonchev–Trinajstić information content (AvgIpc) is 3.74. The maximum Gasteiger partial charge on any atom is 0.129 e. The SMILES string of the molecule is Cn1cc(C(O)C(C=NCC2CC2)=NN)c(I)n1.Cn1cc(CC(C=NCC2CC2)=NN)c(I)n1. The molecule has 0 bridgehead atoms. The fourth-order valence-electron chi connectivity index (χ4n) is 3.15. The zero-order valence-corrected chi connectivity index (χ0v) is 24.2. The monoisotopic (exact) mass is 706 g/mol. The van der Waals surface area contributed by atoms with Crippen molar-refractivity contribution in [2.24, 2.45) is 57.8 Å². The topological polar surface area (TPSA) is 157 Å². The summed E-state index contributed by atoms with van der Waals surface area (Å²) in [6, 6.07) is 0. The summed E-state index contributed by atoms with van der Waals surface area (Å²) in [5.74, 6) is 12.2. The van der Waals surface area contributed by atoms with Crippen molar-refractivity contribution < 1.29 is 5.11 Å². The molecule has 0 amide bonds. The Kier molecular flexibility index (Phi) is 10.6. The number of aromatic nitrogens is 4. The van der Waals surface area contributed by atoms with Crippen molar-refractivity contribution in [3.05, 3.63) is 30.9 Å². The Morgan fingerprint density at radius 3 is 2.03 bits per heavy atom. The summed E-state index contributed by atoms with van der Waals surface area (Å²) < 4.78 is 5.17. The first-order chi connectivity index (χ1) is 16.8. The zero-order valence-electron chi connectivity index (χ0n) is 19.9. The third kappa shape index (κ3) is 9.25. The second-order valence-corrected chi connectivity index (χ2v) is 10.8. The van der Waals surface area contributed by atoms with Crippen molar-refractivity contribution in [1.29, 1.82) is 0 Å². The van der Waals surface area contributed by atoms with Gasteiger partial charge in [-0.15, -0.1) is 0 Å². The van der Waals surface area contributed by atoms with Crippen LogP contribution < -0.4 is 11.7 Å². The summed E-state index contributed by atoms with van der Waals surface area (Å²) in [5, 5.41) is 26.0. The van der Waals surface area contributed by atoms with Gasteiger partial charge >= 0.3 is 0 Å². The number of nitrogens with two attached hydrogens (primary N) is 2. The predicted molar refractivity (Wildman–Crippen MR) is 156 cm³/mol. The fourth-order valence-corrected chi connectivity index (χ4v) is 4.59. The second-order valence-electron chi connectivity index (χ2n) is 8.80. The summed E-state index contributed by atoms with van der Waals surface area (Å²) in [5.41, 5.74) is 2.99. The van der Waals surface area contributed by atoms with Gasteiger partial charge in [-0.2, -0.15) is 20.4 Å². The number of hydrazone groups is 2. The minimum Gasteiger partial charge on any atom is -0.382 e. The molecule has 35 heavy (non-hydrogen) atoms. The summed E-state index contributed by atoms with van der Waals surface area (Å²) >= 11 is 4.29. The third-order valence-corrected chi connectivity index (χ3v) is 7.26. The maximum atomic E-state index is 10.2. The van der Waals surface area contributed by atoms with Gasteiger partial charge in [0.05, 0.1) is 5.71 Å². The van der Waals surface area contributed by atoms with E-state index >= 15 is 0 Å². The van der Waals surface area contributed by atoms with Crippen molar-refractivity contribution in [1.82, 2.24) is 19.6 Å². The Balaban J connectivity index is 0.000000196. The number of hydrogen-bond acceptors (Lipinski definition) is 9.